The Labute approximate surface area is 393 Å². The maximum absolute atomic E-state index is 12.8. The fourth-order valence-corrected chi connectivity index (χ4v) is 8.75. The summed E-state index contributed by atoms with van der Waals surface area (Å²) in [4.78, 5) is 38.1. The van der Waals surface area contributed by atoms with Crippen molar-refractivity contribution in [1.82, 2.24) is 0 Å². The lowest BCUT2D eigenvalue weighted by Gasteiger charge is -2.18. The van der Waals surface area contributed by atoms with Gasteiger partial charge in [0, 0.05) is 19.3 Å². The molecule has 1 atom stereocenters. The van der Waals surface area contributed by atoms with Crippen molar-refractivity contribution in [2.24, 2.45) is 5.92 Å². The molecule has 0 radical (unpaired) electrons. The molecular formula is C57H110O6. The van der Waals surface area contributed by atoms with Gasteiger partial charge in [-0.15, -0.1) is 0 Å². The smallest absolute Gasteiger partial charge is 0.306 e. The molecule has 0 amide bonds. The van der Waals surface area contributed by atoms with E-state index >= 15 is 0 Å². The summed E-state index contributed by atoms with van der Waals surface area (Å²) in [6, 6.07) is 0. The summed E-state index contributed by atoms with van der Waals surface area (Å²) < 4.78 is 16.9. The Morgan fingerprint density at radius 3 is 0.778 bits per heavy atom. The molecule has 63 heavy (non-hydrogen) atoms. The van der Waals surface area contributed by atoms with Crippen LogP contribution < -0.4 is 0 Å². The molecule has 0 bridgehead atoms. The molecule has 6 heteroatoms. The Kier molecular flexibility index (Phi) is 50.1. The first-order chi connectivity index (χ1) is 30.9. The van der Waals surface area contributed by atoms with Crippen LogP contribution in [0.3, 0.4) is 0 Å². The fourth-order valence-electron chi connectivity index (χ4n) is 8.75. The van der Waals surface area contributed by atoms with E-state index in [-0.39, 0.29) is 31.1 Å². The van der Waals surface area contributed by atoms with Gasteiger partial charge in [-0.05, 0) is 25.2 Å². The quantitative estimate of drug-likeness (QED) is 0.0344. The van der Waals surface area contributed by atoms with Crippen molar-refractivity contribution in [3.63, 3.8) is 0 Å². The molecular weight excluding hydrogens is 781 g/mol. The SMILES string of the molecule is CCCCCCCCCCCCCCCCCCCCCC(=O)O[C@H](COC(=O)CCCCCCCCCCCCCC)COC(=O)CCCCCCCCCCCCCC(C)C. The predicted molar refractivity (Wildman–Crippen MR) is 270 cm³/mol. The maximum atomic E-state index is 12.8. The van der Waals surface area contributed by atoms with E-state index in [0.717, 1.165) is 63.7 Å². The number of ether oxygens (including phenoxy) is 3. The second-order valence-corrected chi connectivity index (χ2v) is 20.1. The topological polar surface area (TPSA) is 78.9 Å². The van der Waals surface area contributed by atoms with Gasteiger partial charge in [0.1, 0.15) is 13.2 Å². The molecule has 0 aromatic rings. The highest BCUT2D eigenvalue weighted by molar-refractivity contribution is 5.71. The van der Waals surface area contributed by atoms with Crippen molar-refractivity contribution in [2.75, 3.05) is 13.2 Å². The second-order valence-electron chi connectivity index (χ2n) is 20.1. The molecule has 0 aliphatic heterocycles. The molecule has 0 saturated heterocycles. The van der Waals surface area contributed by atoms with Crippen LogP contribution in [0.25, 0.3) is 0 Å². The van der Waals surface area contributed by atoms with Crippen LogP contribution in [-0.4, -0.2) is 37.2 Å². The van der Waals surface area contributed by atoms with Gasteiger partial charge < -0.3 is 14.2 Å². The van der Waals surface area contributed by atoms with Gasteiger partial charge >= 0.3 is 17.9 Å². The van der Waals surface area contributed by atoms with Crippen molar-refractivity contribution in [2.45, 2.75) is 329 Å². The number of hydrogen-bond acceptors (Lipinski definition) is 6. The van der Waals surface area contributed by atoms with Crippen LogP contribution in [0, 0.1) is 5.92 Å². The highest BCUT2D eigenvalue weighted by Gasteiger charge is 2.19. The van der Waals surface area contributed by atoms with Crippen LogP contribution in [0.4, 0.5) is 0 Å². The second kappa shape index (κ2) is 51.4. The number of unbranched alkanes of at least 4 members (excludes halogenated alkanes) is 39. The maximum Gasteiger partial charge on any atom is 0.306 e. The summed E-state index contributed by atoms with van der Waals surface area (Å²) in [6.07, 6.45) is 55.2. The number of rotatable bonds is 52. The van der Waals surface area contributed by atoms with E-state index < -0.39 is 6.10 Å². The molecule has 0 rings (SSSR count). The summed E-state index contributed by atoms with van der Waals surface area (Å²) in [6.45, 7) is 9.04. The first-order valence-corrected chi connectivity index (χ1v) is 28.4. The van der Waals surface area contributed by atoms with E-state index in [9.17, 15) is 14.4 Å². The zero-order valence-corrected chi connectivity index (χ0v) is 43.0. The third-order valence-electron chi connectivity index (χ3n) is 13.0. The first-order valence-electron chi connectivity index (χ1n) is 28.4. The van der Waals surface area contributed by atoms with Gasteiger partial charge in [0.05, 0.1) is 0 Å². The molecule has 374 valence electrons. The normalized spacial score (nSPS) is 12.0. The van der Waals surface area contributed by atoms with Gasteiger partial charge in [-0.3, -0.25) is 14.4 Å². The Balaban J connectivity index is 4.27. The number of hydrogen-bond donors (Lipinski definition) is 0. The molecule has 0 unspecified atom stereocenters. The molecule has 0 aromatic heterocycles. The van der Waals surface area contributed by atoms with Gasteiger partial charge in [-0.1, -0.05) is 285 Å². The molecule has 0 saturated carbocycles. The van der Waals surface area contributed by atoms with Gasteiger partial charge in [0.25, 0.3) is 0 Å². The van der Waals surface area contributed by atoms with Crippen LogP contribution >= 0.6 is 0 Å². The van der Waals surface area contributed by atoms with E-state index in [4.69, 9.17) is 14.2 Å². The van der Waals surface area contributed by atoms with Gasteiger partial charge in [0.15, 0.2) is 6.10 Å². The summed E-state index contributed by atoms with van der Waals surface area (Å²) in [7, 11) is 0. The number of carbonyl (C=O) groups excluding carboxylic acids is 3. The van der Waals surface area contributed by atoms with Crippen molar-refractivity contribution in [3.8, 4) is 0 Å². The molecule has 0 aliphatic carbocycles. The molecule has 0 fully saturated rings. The van der Waals surface area contributed by atoms with Crippen molar-refractivity contribution in [3.05, 3.63) is 0 Å². The van der Waals surface area contributed by atoms with Gasteiger partial charge in [-0.25, -0.2) is 0 Å². The van der Waals surface area contributed by atoms with Crippen LogP contribution in [0.5, 0.6) is 0 Å². The average Bonchev–Trinajstić information content (AvgIpc) is 3.27. The molecule has 0 heterocycles. The minimum atomic E-state index is -0.761. The van der Waals surface area contributed by atoms with Gasteiger partial charge in [0.2, 0.25) is 0 Å². The molecule has 0 aliphatic rings. The zero-order chi connectivity index (χ0) is 45.9. The molecule has 0 aromatic carbocycles. The lowest BCUT2D eigenvalue weighted by molar-refractivity contribution is -0.167. The predicted octanol–water partition coefficient (Wildman–Crippen LogP) is 18.6. The van der Waals surface area contributed by atoms with Crippen molar-refractivity contribution < 1.29 is 28.6 Å². The average molecular weight is 892 g/mol. The van der Waals surface area contributed by atoms with E-state index in [1.807, 2.05) is 0 Å². The van der Waals surface area contributed by atoms with Crippen LogP contribution in [-0.2, 0) is 28.6 Å². The van der Waals surface area contributed by atoms with Crippen LogP contribution in [0.15, 0.2) is 0 Å². The molecule has 0 N–H and O–H groups in total. The van der Waals surface area contributed by atoms with Gasteiger partial charge in [-0.2, -0.15) is 0 Å². The Bertz CT molecular complexity index is 949. The summed E-state index contributed by atoms with van der Waals surface area (Å²) in [5, 5.41) is 0. The highest BCUT2D eigenvalue weighted by Crippen LogP contribution is 2.18. The van der Waals surface area contributed by atoms with E-state index in [0.29, 0.717) is 19.3 Å². The van der Waals surface area contributed by atoms with Crippen molar-refractivity contribution >= 4 is 17.9 Å². The first kappa shape index (κ1) is 61.4. The Morgan fingerprint density at radius 2 is 0.524 bits per heavy atom. The Hall–Kier alpha value is -1.59. The van der Waals surface area contributed by atoms with Crippen LogP contribution in [0.2, 0.25) is 0 Å². The van der Waals surface area contributed by atoms with E-state index in [2.05, 4.69) is 27.7 Å². The summed E-state index contributed by atoms with van der Waals surface area (Å²) in [5.74, 6) is -0.0114. The van der Waals surface area contributed by atoms with E-state index in [1.165, 1.54) is 218 Å². The standard InChI is InChI=1S/C57H110O6/c1-5-7-9-11-13-15-17-19-20-21-22-23-24-25-29-34-38-42-46-50-57(60)63-54(51-61-55(58)48-44-40-36-32-28-18-16-14-12-10-8-6-2)52-62-56(59)49-45-41-37-33-30-26-27-31-35-39-43-47-53(3)4/h53-54H,5-52H2,1-4H3/t54-/m1/s1. The minimum Gasteiger partial charge on any atom is -0.462 e. The summed E-state index contributed by atoms with van der Waals surface area (Å²) in [5.41, 5.74) is 0. The molecule has 0 spiro atoms. The largest absolute Gasteiger partial charge is 0.462 e. The minimum absolute atomic E-state index is 0.0623. The number of esters is 3. The molecule has 6 nitrogen and oxygen atoms in total. The lowest BCUT2D eigenvalue weighted by atomic mass is 10.0. The van der Waals surface area contributed by atoms with E-state index in [1.54, 1.807) is 0 Å². The monoisotopic (exact) mass is 891 g/mol. The lowest BCUT2D eigenvalue weighted by Crippen LogP contribution is -2.30. The Morgan fingerprint density at radius 1 is 0.302 bits per heavy atom. The zero-order valence-electron chi connectivity index (χ0n) is 43.0. The highest BCUT2D eigenvalue weighted by atomic mass is 16.6. The van der Waals surface area contributed by atoms with Crippen molar-refractivity contribution in [1.29, 1.82) is 0 Å². The summed E-state index contributed by atoms with van der Waals surface area (Å²) >= 11 is 0. The third-order valence-corrected chi connectivity index (χ3v) is 13.0. The third kappa shape index (κ3) is 51.3. The fraction of sp³-hybridized carbons (Fsp3) is 0.947. The van der Waals surface area contributed by atoms with Crippen LogP contribution in [0.1, 0.15) is 323 Å². The number of carbonyl (C=O) groups is 3.